The van der Waals surface area contributed by atoms with Crippen LogP contribution >= 0.6 is 8.69 Å². The molecule has 0 aromatic carbocycles. The molecular formula is C8H16NO2P. The molecule has 0 atom stereocenters. The van der Waals surface area contributed by atoms with Gasteiger partial charge in [-0.2, -0.15) is 5.06 Å². The molecule has 0 spiro atoms. The number of hydroxylamine groups is 2. The highest BCUT2D eigenvalue weighted by atomic mass is 31.1. The molecule has 0 N–H and O–H groups in total. The Morgan fingerprint density at radius 1 is 0.917 bits per heavy atom. The molecule has 12 heavy (non-hydrogen) atoms. The minimum absolute atomic E-state index is 0.218. The zero-order valence-corrected chi connectivity index (χ0v) is 8.26. The van der Waals surface area contributed by atoms with E-state index in [1.807, 2.05) is 5.06 Å². The van der Waals surface area contributed by atoms with Crippen LogP contribution in [0.1, 0.15) is 38.5 Å². The van der Waals surface area contributed by atoms with Crippen molar-refractivity contribution in [1.82, 2.24) is 5.06 Å². The van der Waals surface area contributed by atoms with Gasteiger partial charge in [0.05, 0.1) is 0 Å². The molecule has 4 heteroatoms. The van der Waals surface area contributed by atoms with Crippen molar-refractivity contribution < 1.29 is 9.19 Å². The molecule has 1 aliphatic rings. The molecule has 0 aromatic heterocycles. The summed E-state index contributed by atoms with van der Waals surface area (Å²) in [6.07, 6.45) is 7.54. The highest BCUT2D eigenvalue weighted by molar-refractivity contribution is 7.17. The van der Waals surface area contributed by atoms with Crippen LogP contribution in [0.25, 0.3) is 0 Å². The van der Waals surface area contributed by atoms with E-state index in [0.717, 1.165) is 25.9 Å². The largest absolute Gasteiger partial charge is 0.346 e. The van der Waals surface area contributed by atoms with Gasteiger partial charge in [0.1, 0.15) is 0 Å². The molecule has 0 aromatic rings. The lowest BCUT2D eigenvalue weighted by Crippen LogP contribution is -2.22. The van der Waals surface area contributed by atoms with E-state index in [1.54, 1.807) is 0 Å². The average Bonchev–Trinajstić information content (AvgIpc) is 2.19. The Labute approximate surface area is 75.3 Å². The number of nitrogens with zero attached hydrogens (tertiary/aromatic N) is 1. The lowest BCUT2D eigenvalue weighted by Gasteiger charge is -2.15. The van der Waals surface area contributed by atoms with Crippen LogP contribution in [0.4, 0.5) is 0 Å². The fourth-order valence-corrected chi connectivity index (χ4v) is 1.78. The van der Waals surface area contributed by atoms with Crippen LogP contribution in [0.2, 0.25) is 0 Å². The third-order valence-electron chi connectivity index (χ3n) is 2.21. The van der Waals surface area contributed by atoms with E-state index in [2.05, 4.69) is 0 Å². The zero-order valence-electron chi connectivity index (χ0n) is 7.37. The van der Waals surface area contributed by atoms with Gasteiger partial charge in [0.25, 0.3) is 0 Å². The van der Waals surface area contributed by atoms with Gasteiger partial charge in [-0.25, -0.2) is 9.19 Å². The molecule has 1 saturated heterocycles. The van der Waals surface area contributed by atoms with Crippen LogP contribution in [0.5, 0.6) is 0 Å². The van der Waals surface area contributed by atoms with Crippen LogP contribution in [0, 0.1) is 0 Å². The second-order valence-electron chi connectivity index (χ2n) is 3.21. The molecule has 0 unspecified atom stereocenters. The van der Waals surface area contributed by atoms with E-state index in [0.29, 0.717) is 0 Å². The minimum atomic E-state index is -0.218. The molecule has 0 radical (unpaired) electrons. The maximum absolute atomic E-state index is 10.2. The van der Waals surface area contributed by atoms with E-state index < -0.39 is 0 Å². The summed E-state index contributed by atoms with van der Waals surface area (Å²) in [4.78, 5) is 0. The summed E-state index contributed by atoms with van der Waals surface area (Å²) in [5, 5.41) is 1.82. The topological polar surface area (TPSA) is 29.5 Å². The van der Waals surface area contributed by atoms with Crippen molar-refractivity contribution in [3.63, 3.8) is 0 Å². The van der Waals surface area contributed by atoms with E-state index in [-0.39, 0.29) is 8.69 Å². The smallest absolute Gasteiger partial charge is 0.239 e. The Hall–Kier alpha value is 0.0200. The van der Waals surface area contributed by atoms with Gasteiger partial charge in [-0.1, -0.05) is 25.7 Å². The number of rotatable bonds is 2. The molecule has 70 valence electrons. The fraction of sp³-hybridized carbons (Fsp3) is 1.00. The average molecular weight is 189 g/mol. The summed E-state index contributed by atoms with van der Waals surface area (Å²) in [6, 6.07) is 0. The standard InChI is InChI=1S/C8H16NO2P/c10-12-11-9-7-5-3-1-2-4-6-8-9/h1-8H2. The van der Waals surface area contributed by atoms with E-state index >= 15 is 0 Å². The van der Waals surface area contributed by atoms with E-state index in [1.165, 1.54) is 25.7 Å². The molecular weight excluding hydrogens is 173 g/mol. The van der Waals surface area contributed by atoms with Crippen molar-refractivity contribution in [1.29, 1.82) is 0 Å². The van der Waals surface area contributed by atoms with Gasteiger partial charge in [0, 0.05) is 13.1 Å². The van der Waals surface area contributed by atoms with Gasteiger partial charge in [0.15, 0.2) is 0 Å². The van der Waals surface area contributed by atoms with Crippen molar-refractivity contribution in [2.24, 2.45) is 0 Å². The van der Waals surface area contributed by atoms with Gasteiger partial charge in [-0.05, 0) is 12.8 Å². The molecule has 0 bridgehead atoms. The molecule has 3 nitrogen and oxygen atoms in total. The molecule has 0 saturated carbocycles. The monoisotopic (exact) mass is 189 g/mol. The normalized spacial score (nSPS) is 23.0. The minimum Gasteiger partial charge on any atom is -0.239 e. The Kier molecular flexibility index (Phi) is 5.50. The third-order valence-corrected chi connectivity index (χ3v) is 2.51. The second-order valence-corrected chi connectivity index (χ2v) is 3.52. The summed E-state index contributed by atoms with van der Waals surface area (Å²) in [5.41, 5.74) is 0. The number of hydrogen-bond donors (Lipinski definition) is 0. The van der Waals surface area contributed by atoms with Crippen LogP contribution in [0.15, 0.2) is 0 Å². The maximum Gasteiger partial charge on any atom is 0.346 e. The van der Waals surface area contributed by atoms with Gasteiger partial charge in [-0.15, -0.1) is 0 Å². The fourth-order valence-electron chi connectivity index (χ4n) is 1.52. The Morgan fingerprint density at radius 2 is 1.42 bits per heavy atom. The Balaban J connectivity index is 2.23. The first-order chi connectivity index (χ1) is 5.93. The number of hydrogen-bond acceptors (Lipinski definition) is 3. The highest BCUT2D eigenvalue weighted by Crippen LogP contribution is 2.13. The van der Waals surface area contributed by atoms with Gasteiger partial charge in [-0.3, -0.25) is 0 Å². The summed E-state index contributed by atoms with van der Waals surface area (Å²) >= 11 is 0. The summed E-state index contributed by atoms with van der Waals surface area (Å²) in [7, 11) is -0.218. The van der Waals surface area contributed by atoms with Crippen LogP contribution < -0.4 is 0 Å². The quantitative estimate of drug-likeness (QED) is 0.625. The lowest BCUT2D eigenvalue weighted by molar-refractivity contribution is -0.0468. The van der Waals surface area contributed by atoms with Crippen LogP contribution in [-0.4, -0.2) is 18.2 Å². The first kappa shape index (κ1) is 10.1. The summed E-state index contributed by atoms with van der Waals surface area (Å²) in [6.45, 7) is 1.85. The van der Waals surface area contributed by atoms with Crippen molar-refractivity contribution in [3.8, 4) is 0 Å². The predicted molar refractivity (Wildman–Crippen MR) is 48.0 cm³/mol. The molecule has 1 heterocycles. The van der Waals surface area contributed by atoms with Gasteiger partial charge < -0.3 is 0 Å². The Bertz CT molecular complexity index is 122. The maximum atomic E-state index is 10.2. The first-order valence-electron chi connectivity index (χ1n) is 4.68. The van der Waals surface area contributed by atoms with Crippen molar-refractivity contribution in [2.45, 2.75) is 38.5 Å². The van der Waals surface area contributed by atoms with Gasteiger partial charge >= 0.3 is 8.69 Å². The third kappa shape index (κ3) is 4.15. The van der Waals surface area contributed by atoms with E-state index in [4.69, 9.17) is 4.62 Å². The summed E-state index contributed by atoms with van der Waals surface area (Å²) < 4.78 is 15.1. The molecule has 1 fully saturated rings. The Morgan fingerprint density at radius 3 is 1.92 bits per heavy atom. The second kappa shape index (κ2) is 6.53. The molecule has 1 rings (SSSR count). The van der Waals surface area contributed by atoms with Crippen LogP contribution in [-0.2, 0) is 9.19 Å². The van der Waals surface area contributed by atoms with Crippen LogP contribution in [0.3, 0.4) is 0 Å². The van der Waals surface area contributed by atoms with Crippen molar-refractivity contribution in [3.05, 3.63) is 0 Å². The molecule has 0 aliphatic carbocycles. The SMILES string of the molecule is O=PON1CCCCCCCC1. The zero-order chi connectivity index (χ0) is 8.65. The molecule has 1 aliphatic heterocycles. The highest BCUT2D eigenvalue weighted by Gasteiger charge is 2.07. The van der Waals surface area contributed by atoms with Crippen molar-refractivity contribution >= 4 is 8.69 Å². The van der Waals surface area contributed by atoms with Gasteiger partial charge in [0.2, 0.25) is 0 Å². The van der Waals surface area contributed by atoms with Crippen molar-refractivity contribution in [2.75, 3.05) is 13.1 Å². The first-order valence-corrected chi connectivity index (χ1v) is 5.41. The summed E-state index contributed by atoms with van der Waals surface area (Å²) in [5.74, 6) is 0. The molecule has 0 amide bonds. The lowest BCUT2D eigenvalue weighted by atomic mass is 10.1. The predicted octanol–water partition coefficient (Wildman–Crippen LogP) is 2.78. The van der Waals surface area contributed by atoms with E-state index in [9.17, 15) is 4.57 Å².